The molecule has 3 heterocycles. The number of fused-ring (bicyclic) bond motifs is 1. The fourth-order valence-electron chi connectivity index (χ4n) is 3.43. The third-order valence-electron chi connectivity index (χ3n) is 5.11. The zero-order valence-electron chi connectivity index (χ0n) is 19.4. The highest BCUT2D eigenvalue weighted by Gasteiger charge is 2.18. The van der Waals surface area contributed by atoms with Gasteiger partial charge in [0.2, 0.25) is 11.6 Å². The molecule has 0 saturated carbocycles. The standard InChI is InChI=1S/C23H26N6O4/c1-13(2)29-12-25-19-22(26-15-9-16(30-3)20(33-6)17(10-15)31-4)27-21(28-23(19)29)14-7-8-18(32-5)24-11-14/h7-13H,1-6H3,(H,26,27,28). The molecule has 10 nitrogen and oxygen atoms in total. The molecule has 4 aromatic rings. The van der Waals surface area contributed by atoms with Crippen LogP contribution in [0, 0.1) is 0 Å². The number of hydrogen-bond acceptors (Lipinski definition) is 9. The number of hydrogen-bond donors (Lipinski definition) is 1. The molecule has 0 amide bonds. The highest BCUT2D eigenvalue weighted by atomic mass is 16.5. The fourth-order valence-corrected chi connectivity index (χ4v) is 3.43. The molecule has 3 aromatic heterocycles. The van der Waals surface area contributed by atoms with Gasteiger partial charge < -0.3 is 28.8 Å². The molecule has 0 fully saturated rings. The Morgan fingerprint density at radius 2 is 1.61 bits per heavy atom. The Morgan fingerprint density at radius 1 is 0.879 bits per heavy atom. The normalized spacial score (nSPS) is 11.0. The third-order valence-corrected chi connectivity index (χ3v) is 5.11. The molecule has 0 unspecified atom stereocenters. The molecule has 0 spiro atoms. The van der Waals surface area contributed by atoms with Gasteiger partial charge in [-0.05, 0) is 19.9 Å². The highest BCUT2D eigenvalue weighted by molar-refractivity contribution is 5.87. The summed E-state index contributed by atoms with van der Waals surface area (Å²) < 4.78 is 23.5. The molecule has 1 N–H and O–H groups in total. The van der Waals surface area contributed by atoms with Gasteiger partial charge in [-0.3, -0.25) is 0 Å². The molecule has 0 saturated heterocycles. The maximum Gasteiger partial charge on any atom is 0.212 e. The van der Waals surface area contributed by atoms with E-state index in [2.05, 4.69) is 29.1 Å². The van der Waals surface area contributed by atoms with Crippen LogP contribution in [0.25, 0.3) is 22.6 Å². The molecule has 10 heteroatoms. The van der Waals surface area contributed by atoms with Gasteiger partial charge in [-0.1, -0.05) is 0 Å². The van der Waals surface area contributed by atoms with Crippen LogP contribution in [0.1, 0.15) is 19.9 Å². The molecule has 0 bridgehead atoms. The summed E-state index contributed by atoms with van der Waals surface area (Å²) in [4.78, 5) is 18.4. The predicted octanol–water partition coefficient (Wildman–Crippen LogP) is 4.25. The van der Waals surface area contributed by atoms with Gasteiger partial charge in [-0.25, -0.2) is 19.9 Å². The summed E-state index contributed by atoms with van der Waals surface area (Å²) >= 11 is 0. The monoisotopic (exact) mass is 450 g/mol. The van der Waals surface area contributed by atoms with Gasteiger partial charge in [-0.15, -0.1) is 0 Å². The highest BCUT2D eigenvalue weighted by Crippen LogP contribution is 2.41. The third kappa shape index (κ3) is 4.19. The molecule has 33 heavy (non-hydrogen) atoms. The van der Waals surface area contributed by atoms with Crippen LogP contribution in [0.2, 0.25) is 0 Å². The van der Waals surface area contributed by atoms with Crippen LogP contribution in [0.15, 0.2) is 36.8 Å². The number of rotatable bonds is 8. The van der Waals surface area contributed by atoms with Gasteiger partial charge in [0.25, 0.3) is 0 Å². The molecular formula is C23H26N6O4. The molecule has 4 rings (SSSR count). The van der Waals surface area contributed by atoms with Crippen LogP contribution < -0.4 is 24.3 Å². The first-order chi connectivity index (χ1) is 16.0. The van der Waals surface area contributed by atoms with Crippen molar-refractivity contribution in [2.45, 2.75) is 19.9 Å². The first kappa shape index (κ1) is 22.1. The van der Waals surface area contributed by atoms with Crippen LogP contribution >= 0.6 is 0 Å². The van der Waals surface area contributed by atoms with E-state index in [1.54, 1.807) is 47.0 Å². The Morgan fingerprint density at radius 3 is 2.15 bits per heavy atom. The molecule has 1 aromatic carbocycles. The topological polar surface area (TPSA) is 105 Å². The quantitative estimate of drug-likeness (QED) is 0.422. The predicted molar refractivity (Wildman–Crippen MR) is 125 cm³/mol. The number of aromatic nitrogens is 5. The summed E-state index contributed by atoms with van der Waals surface area (Å²) in [5.41, 5.74) is 2.80. The minimum Gasteiger partial charge on any atom is -0.493 e. The first-order valence-corrected chi connectivity index (χ1v) is 10.3. The van der Waals surface area contributed by atoms with E-state index >= 15 is 0 Å². The number of nitrogens with one attached hydrogen (secondary N) is 1. The summed E-state index contributed by atoms with van der Waals surface area (Å²) in [5.74, 6) is 3.12. The van der Waals surface area contributed by atoms with Gasteiger partial charge in [0.15, 0.2) is 34.3 Å². The lowest BCUT2D eigenvalue weighted by atomic mass is 10.2. The molecule has 172 valence electrons. The van der Waals surface area contributed by atoms with Crippen molar-refractivity contribution in [3.8, 4) is 34.5 Å². The van der Waals surface area contributed by atoms with Crippen molar-refractivity contribution in [3.05, 3.63) is 36.8 Å². The van der Waals surface area contributed by atoms with Gasteiger partial charge in [0.1, 0.15) is 0 Å². The lowest BCUT2D eigenvalue weighted by molar-refractivity contribution is 0.324. The Balaban J connectivity index is 1.86. The molecular weight excluding hydrogens is 424 g/mol. The lowest BCUT2D eigenvalue weighted by Gasteiger charge is -2.15. The largest absolute Gasteiger partial charge is 0.493 e. The van der Waals surface area contributed by atoms with Gasteiger partial charge in [-0.2, -0.15) is 0 Å². The van der Waals surface area contributed by atoms with E-state index in [4.69, 9.17) is 28.9 Å². The second kappa shape index (κ2) is 9.19. The average Bonchev–Trinajstić information content (AvgIpc) is 3.28. The van der Waals surface area contributed by atoms with Crippen LogP contribution in [0.3, 0.4) is 0 Å². The number of pyridine rings is 1. The SMILES string of the molecule is COc1ccc(-c2nc(Nc3cc(OC)c(OC)c(OC)c3)c3ncn(C(C)C)c3n2)cn1. The van der Waals surface area contributed by atoms with E-state index in [0.29, 0.717) is 51.6 Å². The van der Waals surface area contributed by atoms with Crippen LogP contribution in [0.4, 0.5) is 11.5 Å². The van der Waals surface area contributed by atoms with Crippen molar-refractivity contribution < 1.29 is 18.9 Å². The summed E-state index contributed by atoms with van der Waals surface area (Å²) in [6.07, 6.45) is 3.44. The van der Waals surface area contributed by atoms with E-state index in [9.17, 15) is 0 Å². The maximum absolute atomic E-state index is 5.48. The maximum atomic E-state index is 5.48. The molecule has 0 radical (unpaired) electrons. The Bertz CT molecular complexity index is 1250. The summed E-state index contributed by atoms with van der Waals surface area (Å²) in [6.45, 7) is 4.15. The number of benzene rings is 1. The average molecular weight is 450 g/mol. The van der Waals surface area contributed by atoms with Crippen molar-refractivity contribution in [3.63, 3.8) is 0 Å². The van der Waals surface area contributed by atoms with Gasteiger partial charge in [0.05, 0.1) is 34.8 Å². The van der Waals surface area contributed by atoms with Crippen molar-refractivity contribution in [1.82, 2.24) is 24.5 Å². The smallest absolute Gasteiger partial charge is 0.212 e. The zero-order valence-corrected chi connectivity index (χ0v) is 19.4. The number of methoxy groups -OCH3 is 4. The van der Waals surface area contributed by atoms with Crippen LogP contribution in [0.5, 0.6) is 23.1 Å². The number of anilines is 2. The Hall–Kier alpha value is -4.08. The van der Waals surface area contributed by atoms with E-state index in [1.165, 1.54) is 0 Å². The van der Waals surface area contributed by atoms with E-state index in [1.807, 2.05) is 22.8 Å². The molecule has 0 aliphatic heterocycles. The number of nitrogens with zero attached hydrogens (tertiary/aromatic N) is 5. The lowest BCUT2D eigenvalue weighted by Crippen LogP contribution is -2.04. The zero-order chi connectivity index (χ0) is 23.5. The van der Waals surface area contributed by atoms with Crippen molar-refractivity contribution >= 4 is 22.7 Å². The van der Waals surface area contributed by atoms with Crippen LogP contribution in [-0.4, -0.2) is 52.9 Å². The van der Waals surface area contributed by atoms with Crippen molar-refractivity contribution in [1.29, 1.82) is 0 Å². The number of ether oxygens (including phenoxy) is 4. The van der Waals surface area contributed by atoms with Crippen LogP contribution in [-0.2, 0) is 0 Å². The minimum atomic E-state index is 0.167. The van der Waals surface area contributed by atoms with E-state index in [-0.39, 0.29) is 6.04 Å². The Kier molecular flexibility index (Phi) is 6.16. The second-order valence-electron chi connectivity index (χ2n) is 7.44. The van der Waals surface area contributed by atoms with E-state index < -0.39 is 0 Å². The van der Waals surface area contributed by atoms with Gasteiger partial charge in [0, 0.05) is 41.7 Å². The van der Waals surface area contributed by atoms with Crippen molar-refractivity contribution in [2.24, 2.45) is 0 Å². The molecule has 0 atom stereocenters. The first-order valence-electron chi connectivity index (χ1n) is 10.3. The summed E-state index contributed by atoms with van der Waals surface area (Å²) in [7, 11) is 6.28. The molecule has 0 aliphatic carbocycles. The summed E-state index contributed by atoms with van der Waals surface area (Å²) in [5, 5.41) is 3.35. The van der Waals surface area contributed by atoms with Gasteiger partial charge >= 0.3 is 0 Å². The second-order valence-corrected chi connectivity index (χ2v) is 7.44. The number of imidazole rings is 1. The Labute approximate surface area is 191 Å². The minimum absolute atomic E-state index is 0.167. The molecule has 0 aliphatic rings. The van der Waals surface area contributed by atoms with E-state index in [0.717, 1.165) is 5.56 Å². The fraction of sp³-hybridized carbons (Fsp3) is 0.304. The summed E-state index contributed by atoms with van der Waals surface area (Å²) in [6, 6.07) is 7.43. The van der Waals surface area contributed by atoms with Crippen molar-refractivity contribution in [2.75, 3.05) is 33.8 Å².